The van der Waals surface area contributed by atoms with E-state index < -0.39 is 0 Å². The molecule has 0 amide bonds. The number of anilines is 1. The Kier molecular flexibility index (Phi) is 4.92. The fraction of sp³-hybridized carbons (Fsp3) is 0.591. The van der Waals surface area contributed by atoms with Gasteiger partial charge >= 0.3 is 0 Å². The SMILES string of the molecule is CCCc1nc2sc3c(NC[C@@H]4CCCO4)ncnc3c2c2c1COC(C)(C)C2. The van der Waals surface area contributed by atoms with Gasteiger partial charge in [0.1, 0.15) is 17.0 Å². The molecule has 7 heteroatoms. The second-order valence-corrected chi connectivity index (χ2v) is 9.69. The van der Waals surface area contributed by atoms with Crippen LogP contribution in [0.25, 0.3) is 20.4 Å². The molecule has 0 unspecified atom stereocenters. The topological polar surface area (TPSA) is 69.2 Å². The molecule has 0 radical (unpaired) electrons. The fourth-order valence-corrected chi connectivity index (χ4v) is 5.60. The van der Waals surface area contributed by atoms with Crippen LogP contribution < -0.4 is 5.32 Å². The molecule has 0 spiro atoms. The van der Waals surface area contributed by atoms with E-state index >= 15 is 0 Å². The van der Waals surface area contributed by atoms with Crippen molar-refractivity contribution in [2.45, 2.75) is 71.2 Å². The molecule has 29 heavy (non-hydrogen) atoms. The zero-order chi connectivity index (χ0) is 20.0. The number of rotatable bonds is 5. The molecule has 0 aromatic carbocycles. The van der Waals surface area contributed by atoms with E-state index in [9.17, 15) is 0 Å². The van der Waals surface area contributed by atoms with Crippen LogP contribution in [0.4, 0.5) is 5.82 Å². The number of nitrogens with zero attached hydrogens (tertiary/aromatic N) is 3. The van der Waals surface area contributed by atoms with E-state index in [1.54, 1.807) is 17.7 Å². The molecule has 1 fully saturated rings. The molecule has 3 aromatic rings. The minimum Gasteiger partial charge on any atom is -0.376 e. The molecule has 2 aliphatic heterocycles. The molecule has 1 N–H and O–H groups in total. The summed E-state index contributed by atoms with van der Waals surface area (Å²) in [6.07, 6.45) is 7.13. The van der Waals surface area contributed by atoms with Gasteiger partial charge in [0.2, 0.25) is 0 Å². The number of aromatic nitrogens is 3. The number of ether oxygens (including phenoxy) is 2. The third-order valence-electron chi connectivity index (χ3n) is 5.92. The average molecular weight is 413 g/mol. The molecule has 0 bridgehead atoms. The van der Waals surface area contributed by atoms with Crippen LogP contribution in [0.15, 0.2) is 6.33 Å². The van der Waals surface area contributed by atoms with E-state index in [4.69, 9.17) is 14.5 Å². The van der Waals surface area contributed by atoms with Crippen molar-refractivity contribution in [3.05, 3.63) is 23.1 Å². The van der Waals surface area contributed by atoms with Gasteiger partial charge in [-0.05, 0) is 38.7 Å². The van der Waals surface area contributed by atoms with Crippen molar-refractivity contribution in [2.75, 3.05) is 18.5 Å². The van der Waals surface area contributed by atoms with Crippen molar-refractivity contribution in [2.24, 2.45) is 0 Å². The van der Waals surface area contributed by atoms with Gasteiger partial charge in [0.05, 0.1) is 28.5 Å². The molecule has 1 atom stereocenters. The standard InChI is InChI=1S/C22H28N4O2S/c1-4-6-16-15-11-28-22(2,3)9-14(15)17-18-19(29-21(17)26-16)20(25-12-24-18)23-10-13-7-5-8-27-13/h12-13H,4-11H2,1-3H3,(H,23,24,25)/t13-/m0/s1. The molecule has 1 saturated heterocycles. The molecule has 0 saturated carbocycles. The highest BCUT2D eigenvalue weighted by Crippen LogP contribution is 2.42. The van der Waals surface area contributed by atoms with E-state index in [1.165, 1.54) is 22.2 Å². The van der Waals surface area contributed by atoms with Gasteiger partial charge in [0, 0.05) is 36.2 Å². The highest BCUT2D eigenvalue weighted by Gasteiger charge is 2.31. The number of aryl methyl sites for hydroxylation is 1. The second-order valence-electron chi connectivity index (χ2n) is 8.69. The Morgan fingerprint density at radius 2 is 2.17 bits per heavy atom. The normalized spacial score (nSPS) is 21.0. The van der Waals surface area contributed by atoms with Gasteiger partial charge < -0.3 is 14.8 Å². The third kappa shape index (κ3) is 3.49. The first-order chi connectivity index (χ1) is 14.1. The summed E-state index contributed by atoms with van der Waals surface area (Å²) in [6, 6.07) is 0. The van der Waals surface area contributed by atoms with Gasteiger partial charge in [0.15, 0.2) is 0 Å². The van der Waals surface area contributed by atoms with Crippen molar-refractivity contribution in [1.29, 1.82) is 0 Å². The lowest BCUT2D eigenvalue weighted by Gasteiger charge is -2.33. The lowest BCUT2D eigenvalue weighted by atomic mass is 9.88. The lowest BCUT2D eigenvalue weighted by Crippen LogP contribution is -2.32. The maximum absolute atomic E-state index is 6.14. The van der Waals surface area contributed by atoms with E-state index in [2.05, 4.69) is 36.1 Å². The van der Waals surface area contributed by atoms with Gasteiger partial charge in [-0.1, -0.05) is 13.3 Å². The summed E-state index contributed by atoms with van der Waals surface area (Å²) in [5.74, 6) is 0.894. The largest absolute Gasteiger partial charge is 0.376 e. The number of fused-ring (bicyclic) bond motifs is 5. The third-order valence-corrected chi connectivity index (χ3v) is 7.00. The Hall–Kier alpha value is -1.83. The summed E-state index contributed by atoms with van der Waals surface area (Å²) >= 11 is 1.70. The quantitative estimate of drug-likeness (QED) is 0.659. The van der Waals surface area contributed by atoms with Gasteiger partial charge in [-0.25, -0.2) is 15.0 Å². The molecule has 2 aliphatic rings. The molecular formula is C22H28N4O2S. The molecule has 5 rings (SSSR count). The number of pyridine rings is 1. The van der Waals surface area contributed by atoms with Crippen LogP contribution in [0.3, 0.4) is 0 Å². The zero-order valence-corrected chi connectivity index (χ0v) is 18.2. The van der Waals surface area contributed by atoms with Crippen LogP contribution in [0.2, 0.25) is 0 Å². The van der Waals surface area contributed by atoms with E-state index in [0.717, 1.165) is 66.1 Å². The monoisotopic (exact) mass is 412 g/mol. The van der Waals surface area contributed by atoms with E-state index in [1.807, 2.05) is 0 Å². The summed E-state index contributed by atoms with van der Waals surface area (Å²) in [5, 5.41) is 4.70. The number of hydrogen-bond acceptors (Lipinski definition) is 7. The maximum Gasteiger partial charge on any atom is 0.147 e. The van der Waals surface area contributed by atoms with Gasteiger partial charge in [-0.2, -0.15) is 0 Å². The Morgan fingerprint density at radius 3 is 2.97 bits per heavy atom. The fourth-order valence-electron chi connectivity index (χ4n) is 4.46. The molecule has 5 heterocycles. The molecule has 0 aliphatic carbocycles. The van der Waals surface area contributed by atoms with Crippen LogP contribution in [0, 0.1) is 0 Å². The Morgan fingerprint density at radius 1 is 1.28 bits per heavy atom. The summed E-state index contributed by atoms with van der Waals surface area (Å²) in [5.41, 5.74) is 4.65. The van der Waals surface area contributed by atoms with Crippen LogP contribution in [-0.4, -0.2) is 39.8 Å². The van der Waals surface area contributed by atoms with Gasteiger partial charge in [-0.3, -0.25) is 0 Å². The maximum atomic E-state index is 6.14. The van der Waals surface area contributed by atoms with Crippen LogP contribution >= 0.6 is 11.3 Å². The van der Waals surface area contributed by atoms with E-state index in [-0.39, 0.29) is 11.7 Å². The zero-order valence-electron chi connectivity index (χ0n) is 17.4. The summed E-state index contributed by atoms with van der Waals surface area (Å²) in [7, 11) is 0. The number of nitrogens with one attached hydrogen (secondary N) is 1. The molecule has 3 aromatic heterocycles. The van der Waals surface area contributed by atoms with Crippen molar-refractivity contribution >= 4 is 37.6 Å². The smallest absolute Gasteiger partial charge is 0.147 e. The first-order valence-electron chi connectivity index (χ1n) is 10.6. The van der Waals surface area contributed by atoms with Crippen LogP contribution in [0.1, 0.15) is 56.9 Å². The van der Waals surface area contributed by atoms with Gasteiger partial charge in [0.25, 0.3) is 0 Å². The summed E-state index contributed by atoms with van der Waals surface area (Å²) in [4.78, 5) is 15.4. The Balaban J connectivity index is 1.64. The highest BCUT2D eigenvalue weighted by atomic mass is 32.1. The van der Waals surface area contributed by atoms with Gasteiger partial charge in [-0.15, -0.1) is 11.3 Å². The molecule has 154 valence electrons. The minimum absolute atomic E-state index is 0.174. The van der Waals surface area contributed by atoms with Crippen molar-refractivity contribution in [3.8, 4) is 0 Å². The Labute approximate surface area is 175 Å². The van der Waals surface area contributed by atoms with Crippen LogP contribution in [0.5, 0.6) is 0 Å². The number of hydrogen-bond donors (Lipinski definition) is 1. The Bertz CT molecular complexity index is 1060. The van der Waals surface area contributed by atoms with Crippen molar-refractivity contribution < 1.29 is 9.47 Å². The summed E-state index contributed by atoms with van der Waals surface area (Å²) < 4.78 is 13.0. The number of thiophene rings is 1. The lowest BCUT2D eigenvalue weighted by molar-refractivity contribution is -0.0401. The van der Waals surface area contributed by atoms with Crippen molar-refractivity contribution in [3.63, 3.8) is 0 Å². The van der Waals surface area contributed by atoms with E-state index in [0.29, 0.717) is 6.61 Å². The first kappa shape index (κ1) is 19.2. The first-order valence-corrected chi connectivity index (χ1v) is 11.4. The summed E-state index contributed by atoms with van der Waals surface area (Å²) in [6.45, 7) is 8.82. The average Bonchev–Trinajstić information content (AvgIpc) is 3.33. The highest BCUT2D eigenvalue weighted by molar-refractivity contribution is 7.26. The molecule has 6 nitrogen and oxygen atoms in total. The predicted molar refractivity (Wildman–Crippen MR) is 117 cm³/mol. The predicted octanol–water partition coefficient (Wildman–Crippen LogP) is 4.63. The second kappa shape index (κ2) is 7.45. The minimum atomic E-state index is -0.174. The molecular weight excluding hydrogens is 384 g/mol. The van der Waals surface area contributed by atoms with Crippen LogP contribution in [-0.2, 0) is 28.9 Å². The van der Waals surface area contributed by atoms with Crippen molar-refractivity contribution in [1.82, 2.24) is 15.0 Å².